The van der Waals surface area contributed by atoms with Crippen LogP contribution in [0.4, 0.5) is 13.2 Å². The zero-order chi connectivity index (χ0) is 8.15. The topological polar surface area (TPSA) is 0 Å². The van der Waals surface area contributed by atoms with Crippen molar-refractivity contribution in [2.24, 2.45) is 0 Å². The molecule has 2 atom stereocenters. The number of halogens is 3. The van der Waals surface area contributed by atoms with Gasteiger partial charge in [0.1, 0.15) is 12.3 Å². The van der Waals surface area contributed by atoms with Gasteiger partial charge in [-0.05, 0) is 12.8 Å². The van der Waals surface area contributed by atoms with E-state index in [0.29, 0.717) is 0 Å². The van der Waals surface area contributed by atoms with Crippen molar-refractivity contribution in [3.8, 4) is 0 Å². The maximum absolute atomic E-state index is 12.4. The van der Waals surface area contributed by atoms with Crippen molar-refractivity contribution in [1.29, 1.82) is 0 Å². The molecule has 0 aromatic rings. The van der Waals surface area contributed by atoms with Gasteiger partial charge in [0, 0.05) is 0 Å². The van der Waals surface area contributed by atoms with E-state index < -0.39 is 18.5 Å². The molecule has 0 nitrogen and oxygen atoms in total. The highest BCUT2D eigenvalue weighted by molar-refractivity contribution is 4.73. The van der Waals surface area contributed by atoms with Crippen LogP contribution in [0, 0.1) is 0 Å². The third-order valence-corrected chi connectivity index (χ3v) is 1.47. The molecule has 0 aliphatic carbocycles. The van der Waals surface area contributed by atoms with E-state index in [9.17, 15) is 13.2 Å². The van der Waals surface area contributed by atoms with E-state index in [1.54, 1.807) is 0 Å². The second-order valence-electron chi connectivity index (χ2n) is 2.29. The Bertz CT molecular complexity index is 74.9. The molecule has 10 heavy (non-hydrogen) atoms. The van der Waals surface area contributed by atoms with Gasteiger partial charge in [0.05, 0.1) is 0 Å². The highest BCUT2D eigenvalue weighted by Gasteiger charge is 2.26. The van der Waals surface area contributed by atoms with E-state index in [-0.39, 0.29) is 12.8 Å². The Balaban J connectivity index is 3.69. The van der Waals surface area contributed by atoms with Gasteiger partial charge in [-0.1, -0.05) is 13.8 Å². The van der Waals surface area contributed by atoms with E-state index in [1.165, 1.54) is 13.8 Å². The Morgan fingerprint density at radius 3 is 1.40 bits per heavy atom. The molecular formula is C7H13F3. The van der Waals surface area contributed by atoms with E-state index in [0.717, 1.165) is 0 Å². The van der Waals surface area contributed by atoms with Gasteiger partial charge in [0.25, 0.3) is 0 Å². The van der Waals surface area contributed by atoms with Crippen molar-refractivity contribution in [3.05, 3.63) is 0 Å². The summed E-state index contributed by atoms with van der Waals surface area (Å²) in [5.41, 5.74) is 0. The first-order valence-electron chi connectivity index (χ1n) is 3.55. The van der Waals surface area contributed by atoms with Crippen molar-refractivity contribution in [2.75, 3.05) is 0 Å². The van der Waals surface area contributed by atoms with E-state index in [4.69, 9.17) is 0 Å². The molecule has 0 fully saturated rings. The molecule has 0 aromatic heterocycles. The SMILES string of the molecule is CCC(F)C(F)C(F)CC. The Labute approximate surface area is 59.4 Å². The molecule has 0 bridgehead atoms. The average molecular weight is 154 g/mol. The second-order valence-corrected chi connectivity index (χ2v) is 2.29. The van der Waals surface area contributed by atoms with Crippen molar-refractivity contribution >= 4 is 0 Å². The van der Waals surface area contributed by atoms with Gasteiger partial charge in [0.2, 0.25) is 0 Å². The predicted molar refractivity (Wildman–Crippen MR) is 35.3 cm³/mol. The van der Waals surface area contributed by atoms with E-state index in [2.05, 4.69) is 0 Å². The molecular weight excluding hydrogens is 141 g/mol. The van der Waals surface area contributed by atoms with E-state index >= 15 is 0 Å². The summed E-state index contributed by atoms with van der Waals surface area (Å²) in [7, 11) is 0. The predicted octanol–water partition coefficient (Wildman–Crippen LogP) is 2.82. The summed E-state index contributed by atoms with van der Waals surface area (Å²) in [6, 6.07) is 0. The fraction of sp³-hybridized carbons (Fsp3) is 1.00. The monoisotopic (exact) mass is 154 g/mol. The number of hydrogen-bond acceptors (Lipinski definition) is 0. The summed E-state index contributed by atoms with van der Waals surface area (Å²) in [4.78, 5) is 0. The van der Waals surface area contributed by atoms with Gasteiger partial charge in [-0.15, -0.1) is 0 Å². The first kappa shape index (κ1) is 9.79. The lowest BCUT2D eigenvalue weighted by Gasteiger charge is -2.14. The second kappa shape index (κ2) is 4.58. The third kappa shape index (κ3) is 2.58. The number of rotatable bonds is 4. The van der Waals surface area contributed by atoms with Gasteiger partial charge in [-0.2, -0.15) is 0 Å². The molecule has 0 aliphatic rings. The summed E-state index contributed by atoms with van der Waals surface area (Å²) < 4.78 is 37.1. The molecule has 0 aromatic carbocycles. The highest BCUT2D eigenvalue weighted by Crippen LogP contribution is 2.16. The molecule has 0 spiro atoms. The molecule has 0 rings (SSSR count). The van der Waals surface area contributed by atoms with Crippen molar-refractivity contribution in [1.82, 2.24) is 0 Å². The number of hydrogen-bond donors (Lipinski definition) is 0. The summed E-state index contributed by atoms with van der Waals surface area (Å²) >= 11 is 0. The molecule has 0 saturated carbocycles. The normalized spacial score (nSPS) is 20.1. The Hall–Kier alpha value is -0.210. The van der Waals surface area contributed by atoms with Crippen LogP contribution in [0.1, 0.15) is 26.7 Å². The lowest BCUT2D eigenvalue weighted by Crippen LogP contribution is -2.26. The molecule has 0 N–H and O–H groups in total. The van der Waals surface area contributed by atoms with Crippen molar-refractivity contribution < 1.29 is 13.2 Å². The molecule has 0 radical (unpaired) electrons. The maximum atomic E-state index is 12.4. The molecule has 3 heteroatoms. The quantitative estimate of drug-likeness (QED) is 0.584. The molecule has 0 saturated heterocycles. The highest BCUT2D eigenvalue weighted by atomic mass is 19.2. The largest absolute Gasteiger partial charge is 0.244 e. The Morgan fingerprint density at radius 1 is 0.900 bits per heavy atom. The van der Waals surface area contributed by atoms with Crippen LogP contribution in [-0.2, 0) is 0 Å². The zero-order valence-electron chi connectivity index (χ0n) is 6.28. The summed E-state index contributed by atoms with van der Waals surface area (Å²) in [6.07, 6.45) is -5.14. The summed E-state index contributed by atoms with van der Waals surface area (Å²) in [5, 5.41) is 0. The molecule has 0 aliphatic heterocycles. The minimum atomic E-state index is -1.94. The average Bonchev–Trinajstić information content (AvgIpc) is 2.00. The van der Waals surface area contributed by atoms with Crippen molar-refractivity contribution in [3.63, 3.8) is 0 Å². The third-order valence-electron chi connectivity index (χ3n) is 1.47. The lowest BCUT2D eigenvalue weighted by molar-refractivity contribution is 0.0779. The maximum Gasteiger partial charge on any atom is 0.162 e. The van der Waals surface area contributed by atoms with Crippen LogP contribution in [0.2, 0.25) is 0 Å². The summed E-state index contributed by atoms with van der Waals surface area (Å²) in [6.45, 7) is 3.00. The van der Waals surface area contributed by atoms with Crippen LogP contribution in [0.25, 0.3) is 0 Å². The molecule has 0 heterocycles. The molecule has 0 amide bonds. The minimum absolute atomic E-state index is 0.0432. The minimum Gasteiger partial charge on any atom is -0.244 e. The standard InChI is InChI=1S/C7H13F3/c1-3-5(8)7(10)6(9)4-2/h5-7H,3-4H2,1-2H3. The van der Waals surface area contributed by atoms with Crippen LogP contribution in [0.5, 0.6) is 0 Å². The fourth-order valence-electron chi connectivity index (χ4n) is 0.677. The Morgan fingerprint density at radius 2 is 1.20 bits per heavy atom. The van der Waals surface area contributed by atoms with Gasteiger partial charge >= 0.3 is 0 Å². The first-order chi connectivity index (χ1) is 4.63. The van der Waals surface area contributed by atoms with Crippen LogP contribution < -0.4 is 0 Å². The van der Waals surface area contributed by atoms with Crippen LogP contribution in [0.3, 0.4) is 0 Å². The molecule has 2 unspecified atom stereocenters. The molecule has 62 valence electrons. The Kier molecular flexibility index (Phi) is 4.49. The van der Waals surface area contributed by atoms with Gasteiger partial charge in [0.15, 0.2) is 6.17 Å². The van der Waals surface area contributed by atoms with Crippen LogP contribution in [-0.4, -0.2) is 18.5 Å². The summed E-state index contributed by atoms with van der Waals surface area (Å²) in [5.74, 6) is 0. The van der Waals surface area contributed by atoms with Gasteiger partial charge in [-0.25, -0.2) is 13.2 Å². The van der Waals surface area contributed by atoms with Crippen LogP contribution >= 0.6 is 0 Å². The zero-order valence-corrected chi connectivity index (χ0v) is 6.28. The first-order valence-corrected chi connectivity index (χ1v) is 3.55. The van der Waals surface area contributed by atoms with E-state index in [1.807, 2.05) is 0 Å². The fourth-order valence-corrected chi connectivity index (χ4v) is 0.677. The smallest absolute Gasteiger partial charge is 0.162 e. The van der Waals surface area contributed by atoms with Gasteiger partial charge < -0.3 is 0 Å². The van der Waals surface area contributed by atoms with Crippen LogP contribution in [0.15, 0.2) is 0 Å². The lowest BCUT2D eigenvalue weighted by atomic mass is 10.1. The van der Waals surface area contributed by atoms with Crippen molar-refractivity contribution in [2.45, 2.75) is 45.2 Å². The van der Waals surface area contributed by atoms with Gasteiger partial charge in [-0.3, -0.25) is 0 Å². The number of alkyl halides is 3.